The first-order valence-electron chi connectivity index (χ1n) is 8.73. The molecule has 5 heteroatoms. The number of hydrogen-bond acceptors (Lipinski definition) is 4. The molecule has 1 amide bonds. The summed E-state index contributed by atoms with van der Waals surface area (Å²) in [6, 6.07) is 27.2. The number of hydrogen-bond donors (Lipinski definition) is 2. The SMILES string of the molecule is Cc1ccccc1NC(=O)/C(C#N)=C\Nc1ccccc1Sc1ccccc1. The van der Waals surface area contributed by atoms with Crippen LogP contribution in [-0.4, -0.2) is 5.91 Å². The molecule has 0 heterocycles. The Balaban J connectivity index is 1.75. The smallest absolute Gasteiger partial charge is 0.267 e. The molecule has 0 aliphatic carbocycles. The number of carbonyl (C=O) groups is 1. The lowest BCUT2D eigenvalue weighted by molar-refractivity contribution is -0.112. The second kappa shape index (κ2) is 9.45. The number of nitriles is 1. The third-order valence-electron chi connectivity index (χ3n) is 3.99. The van der Waals surface area contributed by atoms with Gasteiger partial charge in [0.05, 0.1) is 5.69 Å². The quantitative estimate of drug-likeness (QED) is 0.428. The largest absolute Gasteiger partial charge is 0.359 e. The Labute approximate surface area is 168 Å². The van der Waals surface area contributed by atoms with Crippen LogP contribution in [0.15, 0.2) is 100 Å². The molecule has 3 aromatic carbocycles. The molecule has 28 heavy (non-hydrogen) atoms. The molecule has 0 fully saturated rings. The van der Waals surface area contributed by atoms with Gasteiger partial charge in [0.1, 0.15) is 11.6 Å². The van der Waals surface area contributed by atoms with Gasteiger partial charge in [-0.3, -0.25) is 4.79 Å². The first kappa shape index (κ1) is 19.3. The Morgan fingerprint density at radius 2 is 1.57 bits per heavy atom. The molecular weight excluding hydrogens is 366 g/mol. The van der Waals surface area contributed by atoms with Crippen molar-refractivity contribution in [3.8, 4) is 6.07 Å². The first-order chi connectivity index (χ1) is 13.7. The van der Waals surface area contributed by atoms with Crippen LogP contribution in [0, 0.1) is 18.3 Å². The normalized spacial score (nSPS) is 10.8. The molecule has 0 atom stereocenters. The molecule has 138 valence electrons. The van der Waals surface area contributed by atoms with E-state index in [4.69, 9.17) is 0 Å². The molecule has 0 radical (unpaired) electrons. The van der Waals surface area contributed by atoms with Gasteiger partial charge in [0.15, 0.2) is 0 Å². The zero-order valence-electron chi connectivity index (χ0n) is 15.3. The van der Waals surface area contributed by atoms with Crippen LogP contribution in [0.3, 0.4) is 0 Å². The lowest BCUT2D eigenvalue weighted by atomic mass is 10.2. The van der Waals surface area contributed by atoms with Crippen LogP contribution in [0.5, 0.6) is 0 Å². The number of para-hydroxylation sites is 2. The number of benzene rings is 3. The molecule has 0 saturated heterocycles. The van der Waals surface area contributed by atoms with Gasteiger partial charge in [-0.1, -0.05) is 60.3 Å². The Hall–Kier alpha value is -3.49. The summed E-state index contributed by atoms with van der Waals surface area (Å²) >= 11 is 1.61. The summed E-state index contributed by atoms with van der Waals surface area (Å²) in [5.74, 6) is -0.447. The van der Waals surface area contributed by atoms with E-state index in [9.17, 15) is 10.1 Å². The van der Waals surface area contributed by atoms with Crippen LogP contribution in [0.2, 0.25) is 0 Å². The van der Waals surface area contributed by atoms with Crippen molar-refractivity contribution in [3.63, 3.8) is 0 Å². The van der Waals surface area contributed by atoms with Crippen molar-refractivity contribution in [2.75, 3.05) is 10.6 Å². The molecule has 0 aromatic heterocycles. The molecular formula is C23H19N3OS. The fourth-order valence-electron chi connectivity index (χ4n) is 2.49. The molecule has 3 aromatic rings. The van der Waals surface area contributed by atoms with Crippen molar-refractivity contribution in [3.05, 3.63) is 96.2 Å². The lowest BCUT2D eigenvalue weighted by Crippen LogP contribution is -2.15. The van der Waals surface area contributed by atoms with Crippen LogP contribution in [-0.2, 0) is 4.79 Å². The van der Waals surface area contributed by atoms with E-state index in [1.54, 1.807) is 11.8 Å². The Bertz CT molecular complexity index is 1040. The Kier molecular flexibility index (Phi) is 6.50. The van der Waals surface area contributed by atoms with E-state index in [0.717, 1.165) is 21.0 Å². The fraction of sp³-hybridized carbons (Fsp3) is 0.0435. The number of carbonyl (C=O) groups excluding carboxylic acids is 1. The Morgan fingerprint density at radius 1 is 0.929 bits per heavy atom. The van der Waals surface area contributed by atoms with E-state index in [2.05, 4.69) is 10.6 Å². The molecule has 0 unspecified atom stereocenters. The number of anilines is 2. The summed E-state index contributed by atoms with van der Waals surface area (Å²) in [6.07, 6.45) is 1.44. The molecule has 3 rings (SSSR count). The van der Waals surface area contributed by atoms with Gasteiger partial charge in [-0.15, -0.1) is 0 Å². The van der Waals surface area contributed by atoms with Crippen LogP contribution in [0.4, 0.5) is 11.4 Å². The highest BCUT2D eigenvalue weighted by molar-refractivity contribution is 7.99. The summed E-state index contributed by atoms with van der Waals surface area (Å²) in [5.41, 5.74) is 2.45. The summed E-state index contributed by atoms with van der Waals surface area (Å²) in [7, 11) is 0. The first-order valence-corrected chi connectivity index (χ1v) is 9.55. The van der Waals surface area contributed by atoms with E-state index in [-0.39, 0.29) is 5.57 Å². The summed E-state index contributed by atoms with van der Waals surface area (Å²) in [4.78, 5) is 14.6. The van der Waals surface area contributed by atoms with Gasteiger partial charge in [0.2, 0.25) is 0 Å². The number of nitrogens with one attached hydrogen (secondary N) is 2. The number of aryl methyl sites for hydroxylation is 1. The summed E-state index contributed by atoms with van der Waals surface area (Å²) in [6.45, 7) is 1.90. The number of nitrogens with zero attached hydrogens (tertiary/aromatic N) is 1. The van der Waals surface area contributed by atoms with Gasteiger partial charge in [-0.05, 0) is 42.8 Å². The highest BCUT2D eigenvalue weighted by atomic mass is 32.2. The molecule has 4 nitrogen and oxygen atoms in total. The average molecular weight is 385 g/mol. The average Bonchev–Trinajstić information content (AvgIpc) is 2.72. The zero-order chi connectivity index (χ0) is 19.8. The third kappa shape index (κ3) is 5.03. The predicted octanol–water partition coefficient (Wildman–Crippen LogP) is 5.60. The van der Waals surface area contributed by atoms with Gasteiger partial charge < -0.3 is 10.6 Å². The van der Waals surface area contributed by atoms with E-state index in [0.29, 0.717) is 5.69 Å². The van der Waals surface area contributed by atoms with Crippen molar-refractivity contribution in [1.82, 2.24) is 0 Å². The van der Waals surface area contributed by atoms with E-state index < -0.39 is 5.91 Å². The standard InChI is InChI=1S/C23H19N3OS/c1-17-9-5-6-12-20(17)26-23(27)18(15-24)16-25-21-13-7-8-14-22(21)28-19-10-3-2-4-11-19/h2-14,16,25H,1H3,(H,26,27)/b18-16-. The highest BCUT2D eigenvalue weighted by Crippen LogP contribution is 2.33. The maximum Gasteiger partial charge on any atom is 0.267 e. The third-order valence-corrected chi connectivity index (χ3v) is 5.07. The van der Waals surface area contributed by atoms with E-state index in [1.807, 2.05) is 91.9 Å². The maximum absolute atomic E-state index is 12.4. The molecule has 0 bridgehead atoms. The molecule has 0 spiro atoms. The van der Waals surface area contributed by atoms with Crippen molar-refractivity contribution in [2.45, 2.75) is 16.7 Å². The highest BCUT2D eigenvalue weighted by Gasteiger charge is 2.11. The van der Waals surface area contributed by atoms with Gasteiger partial charge in [-0.25, -0.2) is 0 Å². The molecule has 2 N–H and O–H groups in total. The minimum Gasteiger partial charge on any atom is -0.359 e. The number of rotatable bonds is 6. The minimum absolute atomic E-state index is 0.00256. The summed E-state index contributed by atoms with van der Waals surface area (Å²) in [5, 5.41) is 15.3. The second-order valence-electron chi connectivity index (χ2n) is 5.99. The monoisotopic (exact) mass is 385 g/mol. The topological polar surface area (TPSA) is 64.9 Å². The summed E-state index contributed by atoms with van der Waals surface area (Å²) < 4.78 is 0. The lowest BCUT2D eigenvalue weighted by Gasteiger charge is -2.10. The van der Waals surface area contributed by atoms with E-state index >= 15 is 0 Å². The van der Waals surface area contributed by atoms with Crippen LogP contribution < -0.4 is 10.6 Å². The van der Waals surface area contributed by atoms with Crippen LogP contribution in [0.1, 0.15) is 5.56 Å². The predicted molar refractivity (Wildman–Crippen MR) is 114 cm³/mol. The van der Waals surface area contributed by atoms with E-state index in [1.165, 1.54) is 6.20 Å². The van der Waals surface area contributed by atoms with Gasteiger partial charge in [0.25, 0.3) is 5.91 Å². The second-order valence-corrected chi connectivity index (χ2v) is 7.11. The molecule has 0 saturated carbocycles. The molecule has 0 aliphatic heterocycles. The van der Waals surface area contributed by atoms with Crippen molar-refractivity contribution in [2.24, 2.45) is 0 Å². The van der Waals surface area contributed by atoms with Crippen LogP contribution in [0.25, 0.3) is 0 Å². The van der Waals surface area contributed by atoms with Gasteiger partial charge in [0, 0.05) is 21.7 Å². The van der Waals surface area contributed by atoms with Crippen molar-refractivity contribution >= 4 is 29.0 Å². The zero-order valence-corrected chi connectivity index (χ0v) is 16.2. The van der Waals surface area contributed by atoms with Crippen molar-refractivity contribution in [1.29, 1.82) is 5.26 Å². The minimum atomic E-state index is -0.447. The number of amides is 1. The van der Waals surface area contributed by atoms with Gasteiger partial charge in [-0.2, -0.15) is 5.26 Å². The van der Waals surface area contributed by atoms with Crippen LogP contribution >= 0.6 is 11.8 Å². The maximum atomic E-state index is 12.4. The molecule has 0 aliphatic rings. The Morgan fingerprint density at radius 3 is 2.29 bits per heavy atom. The van der Waals surface area contributed by atoms with Crippen molar-refractivity contribution < 1.29 is 4.79 Å². The fourth-order valence-corrected chi connectivity index (χ4v) is 3.42. The van der Waals surface area contributed by atoms with Gasteiger partial charge >= 0.3 is 0 Å².